The van der Waals surface area contributed by atoms with E-state index in [9.17, 15) is 4.39 Å². The van der Waals surface area contributed by atoms with Crippen LogP contribution in [0.2, 0.25) is 5.02 Å². The summed E-state index contributed by atoms with van der Waals surface area (Å²) in [4.78, 5) is 4.45. The van der Waals surface area contributed by atoms with Crippen LogP contribution in [0.4, 0.5) is 4.39 Å². The van der Waals surface area contributed by atoms with Crippen LogP contribution >= 0.6 is 11.6 Å². The summed E-state index contributed by atoms with van der Waals surface area (Å²) in [5.74, 6) is 0.481. The zero-order valence-electron chi connectivity index (χ0n) is 13.2. The number of nitrogens with zero attached hydrogens (tertiary/aromatic N) is 4. The summed E-state index contributed by atoms with van der Waals surface area (Å²) < 4.78 is 17.2. The highest BCUT2D eigenvalue weighted by molar-refractivity contribution is 6.33. The Bertz CT molecular complexity index is 1060. The van der Waals surface area contributed by atoms with E-state index in [1.54, 1.807) is 17.1 Å². The third-order valence-corrected chi connectivity index (χ3v) is 4.39. The van der Waals surface area contributed by atoms with E-state index in [0.717, 1.165) is 33.7 Å². The maximum Gasteiger partial charge on any atom is 0.144 e. The lowest BCUT2D eigenvalue weighted by atomic mass is 10.1. The van der Waals surface area contributed by atoms with Crippen LogP contribution in [-0.2, 0) is 7.05 Å². The maximum atomic E-state index is 13.4. The number of aryl methyl sites for hydroxylation is 2. The number of hydrogen-bond acceptors (Lipinski definition) is 2. The lowest BCUT2D eigenvalue weighted by molar-refractivity contribution is 0.628. The molecule has 4 nitrogen and oxygen atoms in total. The molecule has 4 rings (SSSR count). The van der Waals surface area contributed by atoms with E-state index in [0.29, 0.717) is 5.02 Å². The molecule has 0 bridgehead atoms. The van der Waals surface area contributed by atoms with E-state index in [1.165, 1.54) is 12.1 Å². The highest BCUT2D eigenvalue weighted by atomic mass is 35.5. The Balaban J connectivity index is 2.04. The van der Waals surface area contributed by atoms with Crippen LogP contribution in [0.3, 0.4) is 0 Å². The summed E-state index contributed by atoms with van der Waals surface area (Å²) in [6.07, 6.45) is 1.77. The zero-order valence-corrected chi connectivity index (χ0v) is 13.9. The highest BCUT2D eigenvalue weighted by Crippen LogP contribution is 2.36. The number of hydrogen-bond donors (Lipinski definition) is 0. The summed E-state index contributed by atoms with van der Waals surface area (Å²) in [5.41, 5.74) is 4.30. The smallest absolute Gasteiger partial charge is 0.144 e. The van der Waals surface area contributed by atoms with Crippen molar-refractivity contribution in [2.24, 2.45) is 7.05 Å². The first kappa shape index (κ1) is 14.9. The van der Waals surface area contributed by atoms with Crippen molar-refractivity contribution in [2.45, 2.75) is 6.92 Å². The van der Waals surface area contributed by atoms with Crippen LogP contribution in [0.25, 0.3) is 28.0 Å². The predicted molar refractivity (Wildman–Crippen MR) is 93.0 cm³/mol. The van der Waals surface area contributed by atoms with Crippen molar-refractivity contribution in [3.8, 4) is 16.9 Å². The molecule has 0 spiro atoms. The first-order valence-corrected chi connectivity index (χ1v) is 7.85. The third-order valence-electron chi connectivity index (χ3n) is 4.07. The third kappa shape index (κ3) is 2.20. The average molecular weight is 341 g/mol. The van der Waals surface area contributed by atoms with Gasteiger partial charge in [0.25, 0.3) is 0 Å². The zero-order chi connectivity index (χ0) is 16.8. The van der Waals surface area contributed by atoms with Crippen molar-refractivity contribution < 1.29 is 4.39 Å². The van der Waals surface area contributed by atoms with Gasteiger partial charge in [-0.25, -0.2) is 9.37 Å². The molecule has 0 radical (unpaired) electrons. The quantitative estimate of drug-likeness (QED) is 0.537. The summed E-state index contributed by atoms with van der Waals surface area (Å²) in [5, 5.41) is 4.89. The fourth-order valence-corrected chi connectivity index (χ4v) is 3.32. The van der Waals surface area contributed by atoms with E-state index < -0.39 is 0 Å². The number of fused-ring (bicyclic) bond motifs is 1. The van der Waals surface area contributed by atoms with Gasteiger partial charge in [-0.2, -0.15) is 5.10 Å². The van der Waals surface area contributed by atoms with Crippen molar-refractivity contribution in [2.75, 3.05) is 0 Å². The molecule has 120 valence electrons. The normalized spacial score (nSPS) is 11.3. The van der Waals surface area contributed by atoms with E-state index in [1.807, 2.05) is 42.8 Å². The number of benzene rings is 2. The second-order valence-corrected chi connectivity index (χ2v) is 6.04. The van der Waals surface area contributed by atoms with E-state index in [2.05, 4.69) is 10.1 Å². The molecule has 4 aromatic rings. The summed E-state index contributed by atoms with van der Waals surface area (Å²) in [6.45, 7) is 1.91. The second kappa shape index (κ2) is 5.46. The topological polar surface area (TPSA) is 35.6 Å². The first-order valence-electron chi connectivity index (χ1n) is 7.47. The molecule has 0 saturated carbocycles. The molecule has 2 aromatic carbocycles. The summed E-state index contributed by atoms with van der Waals surface area (Å²) >= 11 is 6.29. The monoisotopic (exact) mass is 340 g/mol. The minimum absolute atomic E-state index is 0.358. The fraction of sp³-hybridized carbons (Fsp3) is 0.111. The second-order valence-electron chi connectivity index (χ2n) is 5.64. The van der Waals surface area contributed by atoms with Gasteiger partial charge in [0.05, 0.1) is 21.7 Å². The van der Waals surface area contributed by atoms with Crippen LogP contribution in [-0.4, -0.2) is 19.3 Å². The van der Waals surface area contributed by atoms with Gasteiger partial charge in [-0.1, -0.05) is 23.7 Å². The Hall–Kier alpha value is -2.66. The number of halogens is 2. The molecule has 0 amide bonds. The lowest BCUT2D eigenvalue weighted by Crippen LogP contribution is -2.03. The Morgan fingerprint density at radius 1 is 1.12 bits per heavy atom. The van der Waals surface area contributed by atoms with Crippen molar-refractivity contribution in [1.82, 2.24) is 19.3 Å². The van der Waals surface area contributed by atoms with Gasteiger partial charge in [0.2, 0.25) is 0 Å². The summed E-state index contributed by atoms with van der Waals surface area (Å²) in [6, 6.07) is 12.3. The van der Waals surface area contributed by atoms with E-state index in [-0.39, 0.29) is 5.82 Å². The Kier molecular flexibility index (Phi) is 3.39. The SMILES string of the molecule is Cc1nn(C)c(-n2cnc3ccccc32)c1-c1ccc(F)cc1Cl. The van der Waals surface area contributed by atoms with E-state index >= 15 is 0 Å². The molecular weight excluding hydrogens is 327 g/mol. The van der Waals surface area contributed by atoms with Crippen molar-refractivity contribution in [1.29, 1.82) is 0 Å². The average Bonchev–Trinajstić information content (AvgIpc) is 3.08. The number of aromatic nitrogens is 4. The van der Waals surface area contributed by atoms with Crippen LogP contribution < -0.4 is 0 Å². The molecule has 2 aromatic heterocycles. The largest absolute Gasteiger partial charge is 0.283 e. The van der Waals surface area contributed by atoms with Gasteiger partial charge in [0.15, 0.2) is 0 Å². The van der Waals surface area contributed by atoms with Crippen LogP contribution in [0, 0.1) is 12.7 Å². The maximum absolute atomic E-state index is 13.4. The molecule has 0 aliphatic rings. The number of para-hydroxylation sites is 2. The number of rotatable bonds is 2. The molecule has 24 heavy (non-hydrogen) atoms. The van der Waals surface area contributed by atoms with Gasteiger partial charge in [-0.15, -0.1) is 0 Å². The van der Waals surface area contributed by atoms with Crippen molar-refractivity contribution >= 4 is 22.6 Å². The van der Waals surface area contributed by atoms with Crippen LogP contribution in [0.15, 0.2) is 48.8 Å². The molecule has 0 N–H and O–H groups in total. The van der Waals surface area contributed by atoms with Crippen LogP contribution in [0.5, 0.6) is 0 Å². The lowest BCUT2D eigenvalue weighted by Gasteiger charge is -2.10. The van der Waals surface area contributed by atoms with Gasteiger partial charge >= 0.3 is 0 Å². The molecule has 0 unspecified atom stereocenters. The predicted octanol–water partition coefficient (Wildman–Crippen LogP) is 4.53. The van der Waals surface area contributed by atoms with Crippen molar-refractivity contribution in [3.63, 3.8) is 0 Å². The molecule has 0 fully saturated rings. The van der Waals surface area contributed by atoms with Gasteiger partial charge in [0.1, 0.15) is 18.0 Å². The Labute approximate surface area is 143 Å². The standard InChI is InChI=1S/C18H14ClFN4/c1-11-17(13-8-7-12(20)9-14(13)19)18(23(2)22-11)24-10-21-15-5-3-4-6-16(15)24/h3-10H,1-2H3. The van der Waals surface area contributed by atoms with E-state index in [4.69, 9.17) is 11.6 Å². The minimum atomic E-state index is -0.361. The fourth-order valence-electron chi connectivity index (χ4n) is 3.06. The van der Waals surface area contributed by atoms with Gasteiger partial charge in [-0.3, -0.25) is 9.25 Å². The minimum Gasteiger partial charge on any atom is -0.283 e. The molecular formula is C18H14ClFN4. The van der Waals surface area contributed by atoms with Crippen LogP contribution in [0.1, 0.15) is 5.69 Å². The summed E-state index contributed by atoms with van der Waals surface area (Å²) in [7, 11) is 1.87. The van der Waals surface area contributed by atoms with Gasteiger partial charge in [-0.05, 0) is 37.3 Å². The van der Waals surface area contributed by atoms with Gasteiger partial charge < -0.3 is 0 Å². The van der Waals surface area contributed by atoms with Crippen molar-refractivity contribution in [3.05, 3.63) is 65.3 Å². The molecule has 2 heterocycles. The van der Waals surface area contributed by atoms with Gasteiger partial charge in [0, 0.05) is 18.2 Å². The molecule has 0 atom stereocenters. The molecule has 0 aliphatic heterocycles. The number of imidazole rings is 1. The molecule has 0 aliphatic carbocycles. The Morgan fingerprint density at radius 3 is 2.71 bits per heavy atom. The first-order chi connectivity index (χ1) is 11.6. The molecule has 6 heteroatoms. The Morgan fingerprint density at radius 2 is 1.92 bits per heavy atom. The highest BCUT2D eigenvalue weighted by Gasteiger charge is 2.20. The molecule has 0 saturated heterocycles.